The van der Waals surface area contributed by atoms with Gasteiger partial charge in [0.05, 0.1) is 13.1 Å². The van der Waals surface area contributed by atoms with Crippen molar-refractivity contribution in [3.05, 3.63) is 35.4 Å². The Morgan fingerprint density at radius 1 is 1.09 bits per heavy atom. The average molecular weight is 478 g/mol. The van der Waals surface area contributed by atoms with Crippen LogP contribution in [0.4, 0.5) is 13.6 Å². The lowest BCUT2D eigenvalue weighted by molar-refractivity contribution is -0.181. The average Bonchev–Trinajstić information content (AvgIpc) is 2.71. The summed E-state index contributed by atoms with van der Waals surface area (Å²) in [5.41, 5.74) is -1.54. The van der Waals surface area contributed by atoms with E-state index in [1.54, 1.807) is 25.7 Å². The van der Waals surface area contributed by atoms with E-state index in [1.807, 2.05) is 0 Å². The van der Waals surface area contributed by atoms with Crippen LogP contribution in [0.3, 0.4) is 0 Å². The highest BCUT2D eigenvalue weighted by molar-refractivity contribution is 6.00. The first-order valence-corrected chi connectivity index (χ1v) is 11.9. The molecule has 1 aliphatic carbocycles. The second-order valence-electron chi connectivity index (χ2n) is 10.9. The van der Waals surface area contributed by atoms with Crippen molar-refractivity contribution in [3.63, 3.8) is 0 Å². The summed E-state index contributed by atoms with van der Waals surface area (Å²) in [6.07, 6.45) is 3.13. The third-order valence-corrected chi connectivity index (χ3v) is 7.09. The Morgan fingerprint density at radius 3 is 2.32 bits per heavy atom. The van der Waals surface area contributed by atoms with Crippen LogP contribution in [0.15, 0.2) is 18.2 Å². The SMILES string of the molecule is CC(C)(C)OC(=O)N1CC2(C1)C(=O)N([C@H]1CC[C@H](C)CC1)CC(=O)N2Cc1ccc(F)c(F)c1. The predicted molar refractivity (Wildman–Crippen MR) is 121 cm³/mol. The minimum Gasteiger partial charge on any atom is -0.444 e. The first-order chi connectivity index (χ1) is 15.9. The van der Waals surface area contributed by atoms with Crippen LogP contribution in [-0.4, -0.2) is 69.4 Å². The fourth-order valence-electron chi connectivity index (χ4n) is 5.18. The Kier molecular flexibility index (Phi) is 6.33. The van der Waals surface area contributed by atoms with Crippen molar-refractivity contribution in [1.82, 2.24) is 14.7 Å². The van der Waals surface area contributed by atoms with Gasteiger partial charge in [0.25, 0.3) is 5.91 Å². The van der Waals surface area contributed by atoms with Crippen molar-refractivity contribution in [2.45, 2.75) is 77.1 Å². The highest BCUT2D eigenvalue weighted by Crippen LogP contribution is 2.38. The summed E-state index contributed by atoms with van der Waals surface area (Å²) in [5.74, 6) is -1.83. The zero-order valence-corrected chi connectivity index (χ0v) is 20.3. The summed E-state index contributed by atoms with van der Waals surface area (Å²) >= 11 is 0. The molecule has 3 amide bonds. The molecule has 3 fully saturated rings. The van der Waals surface area contributed by atoms with Crippen LogP contribution in [0.1, 0.15) is 58.9 Å². The molecule has 0 unspecified atom stereocenters. The molecule has 2 heterocycles. The molecule has 0 bridgehead atoms. The Labute approximate surface area is 199 Å². The molecule has 1 saturated carbocycles. The molecule has 0 radical (unpaired) electrons. The molecule has 186 valence electrons. The lowest BCUT2D eigenvalue weighted by Gasteiger charge is -2.58. The van der Waals surface area contributed by atoms with Crippen molar-refractivity contribution >= 4 is 17.9 Å². The fourth-order valence-corrected chi connectivity index (χ4v) is 5.18. The van der Waals surface area contributed by atoms with Crippen LogP contribution < -0.4 is 0 Å². The first-order valence-electron chi connectivity index (χ1n) is 11.9. The third kappa shape index (κ3) is 4.61. The van der Waals surface area contributed by atoms with Crippen molar-refractivity contribution in [1.29, 1.82) is 0 Å². The van der Waals surface area contributed by atoms with Crippen LogP contribution in [0.5, 0.6) is 0 Å². The van der Waals surface area contributed by atoms with Crippen LogP contribution in [0.2, 0.25) is 0 Å². The number of piperazine rings is 1. The van der Waals surface area contributed by atoms with E-state index in [-0.39, 0.29) is 44.0 Å². The van der Waals surface area contributed by atoms with Crippen molar-refractivity contribution in [3.8, 4) is 0 Å². The van der Waals surface area contributed by atoms with Gasteiger partial charge in [0.15, 0.2) is 17.2 Å². The Balaban J connectivity index is 1.60. The third-order valence-electron chi connectivity index (χ3n) is 7.09. The number of nitrogens with zero attached hydrogens (tertiary/aromatic N) is 3. The number of halogens is 2. The number of carbonyl (C=O) groups excluding carboxylic acids is 3. The molecule has 34 heavy (non-hydrogen) atoms. The van der Waals surface area contributed by atoms with E-state index in [0.717, 1.165) is 37.8 Å². The number of amides is 3. The number of carbonyl (C=O) groups is 3. The normalized spacial score (nSPS) is 24.9. The highest BCUT2D eigenvalue weighted by atomic mass is 19.2. The van der Waals surface area contributed by atoms with Gasteiger partial charge in [-0.25, -0.2) is 13.6 Å². The zero-order chi connectivity index (χ0) is 24.8. The zero-order valence-electron chi connectivity index (χ0n) is 20.3. The summed E-state index contributed by atoms with van der Waals surface area (Å²) in [6.45, 7) is 7.40. The van der Waals surface area contributed by atoms with Gasteiger partial charge in [-0.3, -0.25) is 9.59 Å². The quantitative estimate of drug-likeness (QED) is 0.666. The summed E-state index contributed by atoms with van der Waals surface area (Å²) in [7, 11) is 0. The van der Waals surface area contributed by atoms with Gasteiger partial charge in [0, 0.05) is 12.6 Å². The van der Waals surface area contributed by atoms with Gasteiger partial charge in [-0.1, -0.05) is 13.0 Å². The van der Waals surface area contributed by atoms with Gasteiger partial charge < -0.3 is 19.4 Å². The summed E-state index contributed by atoms with van der Waals surface area (Å²) in [6, 6.07) is 3.45. The minimum absolute atomic E-state index is 0.00878. The minimum atomic E-state index is -1.24. The highest BCUT2D eigenvalue weighted by Gasteiger charge is 2.62. The molecule has 2 aliphatic heterocycles. The Bertz CT molecular complexity index is 979. The standard InChI is InChI=1S/C25H33F2N3O4/c1-16-5-8-18(9-6-16)29-13-21(31)30(12-17-7-10-19(26)20(27)11-17)25(22(29)32)14-28(15-25)23(33)34-24(2,3)4/h7,10-11,16,18H,5-6,8-9,12-15H2,1-4H3/t16-,18-. The number of ether oxygens (including phenoxy) is 1. The molecule has 0 N–H and O–H groups in total. The van der Waals surface area contributed by atoms with E-state index < -0.39 is 28.9 Å². The van der Waals surface area contributed by atoms with E-state index in [1.165, 1.54) is 15.9 Å². The van der Waals surface area contributed by atoms with Crippen LogP contribution in [0, 0.1) is 17.6 Å². The topological polar surface area (TPSA) is 70.2 Å². The Hall–Kier alpha value is -2.71. The lowest BCUT2D eigenvalue weighted by Crippen LogP contribution is -2.81. The molecule has 1 aromatic rings. The molecule has 2 saturated heterocycles. The van der Waals surface area contributed by atoms with Gasteiger partial charge in [-0.05, 0) is 70.1 Å². The molecule has 4 rings (SSSR count). The molecule has 0 aromatic heterocycles. The number of benzene rings is 1. The van der Waals surface area contributed by atoms with Crippen molar-refractivity contribution in [2.75, 3.05) is 19.6 Å². The molecule has 9 heteroatoms. The summed E-state index contributed by atoms with van der Waals surface area (Å²) in [4.78, 5) is 44.3. The van der Waals surface area contributed by atoms with Crippen LogP contribution in [-0.2, 0) is 20.9 Å². The maximum atomic E-state index is 13.9. The predicted octanol–water partition coefficient (Wildman–Crippen LogP) is 3.70. The molecule has 3 aliphatic rings. The van der Waals surface area contributed by atoms with E-state index in [4.69, 9.17) is 4.74 Å². The maximum Gasteiger partial charge on any atom is 0.410 e. The van der Waals surface area contributed by atoms with E-state index in [2.05, 4.69) is 6.92 Å². The maximum absolute atomic E-state index is 13.9. The number of hydrogen-bond donors (Lipinski definition) is 0. The van der Waals surface area contributed by atoms with E-state index in [0.29, 0.717) is 11.5 Å². The van der Waals surface area contributed by atoms with Gasteiger partial charge in [-0.2, -0.15) is 0 Å². The van der Waals surface area contributed by atoms with Crippen molar-refractivity contribution in [2.24, 2.45) is 5.92 Å². The van der Waals surface area contributed by atoms with Gasteiger partial charge in [-0.15, -0.1) is 0 Å². The van der Waals surface area contributed by atoms with Gasteiger partial charge >= 0.3 is 6.09 Å². The molecular weight excluding hydrogens is 444 g/mol. The molecule has 1 aromatic carbocycles. The first kappa shape index (κ1) is 24.4. The molecule has 7 nitrogen and oxygen atoms in total. The van der Waals surface area contributed by atoms with Crippen LogP contribution in [0.25, 0.3) is 0 Å². The van der Waals surface area contributed by atoms with Crippen molar-refractivity contribution < 1.29 is 27.9 Å². The van der Waals surface area contributed by atoms with E-state index in [9.17, 15) is 23.2 Å². The number of rotatable bonds is 3. The molecular formula is C25H33F2N3O4. The number of hydrogen-bond acceptors (Lipinski definition) is 4. The lowest BCUT2D eigenvalue weighted by atomic mass is 9.80. The molecule has 0 atom stereocenters. The molecule has 1 spiro atoms. The van der Waals surface area contributed by atoms with E-state index >= 15 is 0 Å². The van der Waals surface area contributed by atoms with Crippen LogP contribution >= 0.6 is 0 Å². The smallest absolute Gasteiger partial charge is 0.410 e. The fraction of sp³-hybridized carbons (Fsp3) is 0.640. The summed E-state index contributed by atoms with van der Waals surface area (Å²) in [5, 5.41) is 0. The second-order valence-corrected chi connectivity index (χ2v) is 10.9. The second kappa shape index (κ2) is 8.82. The monoisotopic (exact) mass is 477 g/mol. The largest absolute Gasteiger partial charge is 0.444 e. The number of likely N-dealkylation sites (tertiary alicyclic amines) is 1. The Morgan fingerprint density at radius 2 is 1.74 bits per heavy atom. The summed E-state index contributed by atoms with van der Waals surface area (Å²) < 4.78 is 32.7. The van der Waals surface area contributed by atoms with Gasteiger partial charge in [0.2, 0.25) is 5.91 Å². The van der Waals surface area contributed by atoms with Gasteiger partial charge in [0.1, 0.15) is 12.1 Å².